The van der Waals surface area contributed by atoms with Gasteiger partial charge in [0.25, 0.3) is 0 Å². The minimum Gasteiger partial charge on any atom is -0.496 e. The molecular formula is C23H26N2O5. The topological polar surface area (TPSA) is 82.9 Å². The standard InChI is InChI=1S/C23H26N2O5/c1-27-20-13-19-17(12-18(20)23(28-2)8-10-29-11-9-23)22(26)25-21(24-19)15-30-14-16-6-4-3-5-7-16/h3-7,12-13H,8-11,14-15H2,1-2H3,(H,24,25,26). The Balaban J connectivity index is 1.63. The molecule has 1 aliphatic rings. The number of methoxy groups -OCH3 is 2. The molecule has 0 amide bonds. The van der Waals surface area contributed by atoms with E-state index < -0.39 is 5.60 Å². The molecule has 0 bridgehead atoms. The van der Waals surface area contributed by atoms with E-state index in [0.717, 1.165) is 11.1 Å². The minimum atomic E-state index is -0.526. The van der Waals surface area contributed by atoms with Crippen molar-refractivity contribution in [1.29, 1.82) is 0 Å². The zero-order valence-corrected chi connectivity index (χ0v) is 17.3. The number of ether oxygens (including phenoxy) is 4. The molecule has 0 unspecified atom stereocenters. The van der Waals surface area contributed by atoms with Gasteiger partial charge >= 0.3 is 0 Å². The maximum Gasteiger partial charge on any atom is 0.222 e. The Hall–Kier alpha value is -2.74. The molecule has 0 spiro atoms. The van der Waals surface area contributed by atoms with Gasteiger partial charge in [-0.2, -0.15) is 4.98 Å². The summed E-state index contributed by atoms with van der Waals surface area (Å²) in [4.78, 5) is 8.80. The predicted octanol–water partition coefficient (Wildman–Crippen LogP) is 3.71. The van der Waals surface area contributed by atoms with Crippen molar-refractivity contribution in [2.45, 2.75) is 31.7 Å². The van der Waals surface area contributed by atoms with Crippen LogP contribution in [0.15, 0.2) is 42.5 Å². The maximum atomic E-state index is 10.6. The first-order chi connectivity index (χ1) is 14.6. The van der Waals surface area contributed by atoms with Gasteiger partial charge in [0.1, 0.15) is 18.0 Å². The van der Waals surface area contributed by atoms with Crippen LogP contribution in [0.25, 0.3) is 10.9 Å². The van der Waals surface area contributed by atoms with Crippen molar-refractivity contribution in [1.82, 2.24) is 9.97 Å². The summed E-state index contributed by atoms with van der Waals surface area (Å²) in [5, 5.41) is 11.2. The Kier molecular flexibility index (Phi) is 6.13. The maximum absolute atomic E-state index is 10.6. The van der Waals surface area contributed by atoms with Crippen LogP contribution >= 0.6 is 0 Å². The van der Waals surface area contributed by atoms with E-state index in [0.29, 0.717) is 55.1 Å². The lowest BCUT2D eigenvalue weighted by Crippen LogP contribution is -2.36. The van der Waals surface area contributed by atoms with E-state index in [1.807, 2.05) is 42.5 Å². The van der Waals surface area contributed by atoms with Gasteiger partial charge in [0.15, 0.2) is 5.82 Å². The molecule has 7 heteroatoms. The number of benzene rings is 2. The van der Waals surface area contributed by atoms with E-state index in [1.165, 1.54) is 0 Å². The lowest BCUT2D eigenvalue weighted by Gasteiger charge is -2.37. The van der Waals surface area contributed by atoms with E-state index in [9.17, 15) is 5.11 Å². The third-order valence-electron chi connectivity index (χ3n) is 5.57. The van der Waals surface area contributed by atoms with Crippen LogP contribution in [-0.2, 0) is 33.0 Å². The highest BCUT2D eigenvalue weighted by Crippen LogP contribution is 2.43. The summed E-state index contributed by atoms with van der Waals surface area (Å²) in [5.41, 5.74) is 2.01. The Labute approximate surface area is 175 Å². The lowest BCUT2D eigenvalue weighted by atomic mass is 9.84. The average Bonchev–Trinajstić information content (AvgIpc) is 2.79. The van der Waals surface area contributed by atoms with Crippen LogP contribution in [0.2, 0.25) is 0 Å². The normalized spacial score (nSPS) is 15.9. The molecule has 7 nitrogen and oxygen atoms in total. The van der Waals surface area contributed by atoms with Crippen molar-refractivity contribution in [2.75, 3.05) is 27.4 Å². The molecule has 1 aliphatic heterocycles. The predicted molar refractivity (Wildman–Crippen MR) is 111 cm³/mol. The van der Waals surface area contributed by atoms with Gasteiger partial charge in [0.05, 0.1) is 24.6 Å². The highest BCUT2D eigenvalue weighted by atomic mass is 16.5. The van der Waals surface area contributed by atoms with Crippen molar-refractivity contribution >= 4 is 10.9 Å². The van der Waals surface area contributed by atoms with E-state index in [4.69, 9.17) is 18.9 Å². The molecule has 3 aromatic rings. The number of aromatic nitrogens is 2. The second-order valence-corrected chi connectivity index (χ2v) is 7.32. The zero-order chi connectivity index (χ0) is 21.0. The van der Waals surface area contributed by atoms with Gasteiger partial charge in [-0.25, -0.2) is 4.98 Å². The highest BCUT2D eigenvalue weighted by molar-refractivity contribution is 5.86. The Bertz CT molecular complexity index is 1000. The van der Waals surface area contributed by atoms with Crippen molar-refractivity contribution in [3.63, 3.8) is 0 Å². The van der Waals surface area contributed by atoms with Crippen LogP contribution in [0.3, 0.4) is 0 Å². The van der Waals surface area contributed by atoms with Gasteiger partial charge in [-0.1, -0.05) is 30.3 Å². The molecule has 30 heavy (non-hydrogen) atoms. The summed E-state index contributed by atoms with van der Waals surface area (Å²) in [6.07, 6.45) is 1.41. The molecule has 2 aromatic carbocycles. The third kappa shape index (κ3) is 4.09. The molecule has 2 heterocycles. The van der Waals surface area contributed by atoms with Gasteiger partial charge in [-0.05, 0) is 11.6 Å². The fourth-order valence-corrected chi connectivity index (χ4v) is 3.90. The average molecular weight is 410 g/mol. The largest absolute Gasteiger partial charge is 0.496 e. The molecule has 1 N–H and O–H groups in total. The van der Waals surface area contributed by atoms with E-state index in [2.05, 4.69) is 9.97 Å². The van der Waals surface area contributed by atoms with Gasteiger partial charge in [0.2, 0.25) is 5.88 Å². The molecule has 1 fully saturated rings. The third-order valence-corrected chi connectivity index (χ3v) is 5.57. The van der Waals surface area contributed by atoms with Crippen LogP contribution in [0.5, 0.6) is 11.6 Å². The second-order valence-electron chi connectivity index (χ2n) is 7.32. The summed E-state index contributed by atoms with van der Waals surface area (Å²) in [7, 11) is 3.32. The molecule has 1 aromatic heterocycles. The van der Waals surface area contributed by atoms with Crippen molar-refractivity contribution < 1.29 is 24.1 Å². The Morgan fingerprint density at radius 2 is 1.80 bits per heavy atom. The van der Waals surface area contributed by atoms with Crippen LogP contribution in [0.4, 0.5) is 0 Å². The van der Waals surface area contributed by atoms with Gasteiger partial charge in [-0.15, -0.1) is 0 Å². The van der Waals surface area contributed by atoms with Crippen molar-refractivity contribution in [3.8, 4) is 11.6 Å². The van der Waals surface area contributed by atoms with E-state index in [1.54, 1.807) is 14.2 Å². The summed E-state index contributed by atoms with van der Waals surface area (Å²) in [6.45, 7) is 1.86. The summed E-state index contributed by atoms with van der Waals surface area (Å²) in [6, 6.07) is 13.6. The zero-order valence-electron chi connectivity index (χ0n) is 17.3. The number of hydrogen-bond acceptors (Lipinski definition) is 7. The smallest absolute Gasteiger partial charge is 0.222 e. The van der Waals surface area contributed by atoms with Crippen LogP contribution in [0.1, 0.15) is 29.8 Å². The van der Waals surface area contributed by atoms with Gasteiger partial charge in [0, 0.05) is 44.8 Å². The molecule has 0 radical (unpaired) electrons. The number of hydrogen-bond donors (Lipinski definition) is 1. The fourth-order valence-electron chi connectivity index (χ4n) is 3.90. The molecular weight excluding hydrogens is 384 g/mol. The van der Waals surface area contributed by atoms with Crippen LogP contribution in [0, 0.1) is 0 Å². The van der Waals surface area contributed by atoms with E-state index in [-0.39, 0.29) is 12.5 Å². The second kappa shape index (κ2) is 8.95. The fraction of sp³-hybridized carbons (Fsp3) is 0.391. The highest BCUT2D eigenvalue weighted by Gasteiger charge is 2.37. The molecule has 0 saturated carbocycles. The van der Waals surface area contributed by atoms with Crippen molar-refractivity contribution in [3.05, 3.63) is 59.4 Å². The van der Waals surface area contributed by atoms with Crippen molar-refractivity contribution in [2.24, 2.45) is 0 Å². The molecule has 0 aliphatic carbocycles. The first-order valence-electron chi connectivity index (χ1n) is 9.98. The summed E-state index contributed by atoms with van der Waals surface area (Å²) < 4.78 is 22.8. The Morgan fingerprint density at radius 1 is 1.03 bits per heavy atom. The molecule has 1 saturated heterocycles. The molecule has 158 valence electrons. The van der Waals surface area contributed by atoms with Gasteiger partial charge in [-0.3, -0.25) is 0 Å². The Morgan fingerprint density at radius 3 is 2.50 bits per heavy atom. The lowest BCUT2D eigenvalue weighted by molar-refractivity contribution is -0.0956. The van der Waals surface area contributed by atoms with Crippen LogP contribution < -0.4 is 4.74 Å². The van der Waals surface area contributed by atoms with E-state index >= 15 is 0 Å². The summed E-state index contributed by atoms with van der Waals surface area (Å²) >= 11 is 0. The van der Waals surface area contributed by atoms with Crippen LogP contribution in [-0.4, -0.2) is 42.5 Å². The summed E-state index contributed by atoms with van der Waals surface area (Å²) in [5.74, 6) is 0.999. The SMILES string of the molecule is COc1cc2nc(COCc3ccccc3)nc(O)c2cc1C1(OC)CCOCC1. The number of aromatic hydroxyl groups is 1. The number of rotatable bonds is 7. The molecule has 4 rings (SSSR count). The minimum absolute atomic E-state index is 0.0828. The molecule has 0 atom stereocenters. The quantitative estimate of drug-likeness (QED) is 0.636. The monoisotopic (exact) mass is 410 g/mol. The number of fused-ring (bicyclic) bond motifs is 1. The first-order valence-corrected chi connectivity index (χ1v) is 9.98. The number of nitrogens with zero attached hydrogens (tertiary/aromatic N) is 2. The first kappa shape index (κ1) is 20.5. The van der Waals surface area contributed by atoms with Gasteiger partial charge < -0.3 is 24.1 Å².